The maximum absolute atomic E-state index is 11.5. The van der Waals surface area contributed by atoms with Crippen LogP contribution >= 0.6 is 0 Å². The molecule has 0 aromatic heterocycles. The Balaban J connectivity index is 2.90. The van der Waals surface area contributed by atoms with Crippen LogP contribution in [0.15, 0.2) is 0 Å². The average Bonchev–Trinajstić information content (AvgIpc) is 2.66. The molecule has 0 radical (unpaired) electrons. The summed E-state index contributed by atoms with van der Waals surface area (Å²) < 4.78 is 23.6. The smallest absolute Gasteiger partial charge is 0.220 e. The van der Waals surface area contributed by atoms with E-state index in [1.54, 1.807) is 14.1 Å². The Kier molecular flexibility index (Phi) is 1.98. The van der Waals surface area contributed by atoms with Crippen molar-refractivity contribution in [3.63, 3.8) is 0 Å². The lowest BCUT2D eigenvalue weighted by atomic mass is 10.4. The predicted molar refractivity (Wildman–Crippen MR) is 43.6 cm³/mol. The molecule has 0 unspecified atom stereocenters. The summed E-state index contributed by atoms with van der Waals surface area (Å²) in [5, 5.41) is 0. The largest absolute Gasteiger partial charge is 0.329 e. The molecule has 0 heterocycles. The molecular weight excluding hydrogens is 164 g/mol. The van der Waals surface area contributed by atoms with Gasteiger partial charge >= 0.3 is 0 Å². The van der Waals surface area contributed by atoms with Gasteiger partial charge in [-0.3, -0.25) is 0 Å². The Morgan fingerprint density at radius 1 is 1.45 bits per heavy atom. The zero-order valence-corrected chi connectivity index (χ0v) is 7.69. The van der Waals surface area contributed by atoms with Gasteiger partial charge in [-0.15, -0.1) is 0 Å². The van der Waals surface area contributed by atoms with Crippen LogP contribution in [0.2, 0.25) is 0 Å². The maximum atomic E-state index is 11.5. The van der Waals surface area contributed by atoms with Crippen LogP contribution in [-0.2, 0) is 10.0 Å². The molecule has 1 aliphatic rings. The van der Waals surface area contributed by atoms with Crippen molar-refractivity contribution < 1.29 is 8.42 Å². The highest BCUT2D eigenvalue weighted by molar-refractivity contribution is 7.90. The fourth-order valence-corrected chi connectivity index (χ4v) is 2.70. The first kappa shape index (κ1) is 8.96. The highest BCUT2D eigenvalue weighted by Crippen LogP contribution is 2.43. The Hall–Kier alpha value is -0.130. The van der Waals surface area contributed by atoms with Gasteiger partial charge in [-0.25, -0.2) is 12.7 Å². The molecule has 2 N–H and O–H groups in total. The van der Waals surface area contributed by atoms with Gasteiger partial charge in [0.1, 0.15) is 0 Å². The van der Waals surface area contributed by atoms with Gasteiger partial charge in [-0.1, -0.05) is 0 Å². The summed E-state index contributed by atoms with van der Waals surface area (Å²) in [7, 11) is -0.0137. The molecule has 11 heavy (non-hydrogen) atoms. The van der Waals surface area contributed by atoms with Crippen LogP contribution in [0.5, 0.6) is 0 Å². The number of nitrogens with two attached hydrogens (primary N) is 1. The molecular formula is C6H14N2O2S. The molecule has 0 aromatic carbocycles. The molecule has 1 rings (SSSR count). The first-order valence-corrected chi connectivity index (χ1v) is 5.02. The molecule has 5 heteroatoms. The van der Waals surface area contributed by atoms with Crippen LogP contribution in [0.3, 0.4) is 0 Å². The summed E-state index contributed by atoms with van der Waals surface area (Å²) in [6, 6.07) is 0. The van der Waals surface area contributed by atoms with E-state index in [0.717, 1.165) is 0 Å². The Morgan fingerprint density at radius 3 is 2.00 bits per heavy atom. The van der Waals surface area contributed by atoms with Crippen LogP contribution < -0.4 is 5.73 Å². The van der Waals surface area contributed by atoms with Crippen molar-refractivity contribution in [1.29, 1.82) is 0 Å². The van der Waals surface area contributed by atoms with Crippen LogP contribution in [-0.4, -0.2) is 38.1 Å². The van der Waals surface area contributed by atoms with E-state index in [0.29, 0.717) is 12.8 Å². The third-order valence-electron chi connectivity index (χ3n) is 2.21. The van der Waals surface area contributed by atoms with Gasteiger partial charge < -0.3 is 5.73 Å². The molecule has 66 valence electrons. The first-order chi connectivity index (χ1) is 4.96. The number of rotatable bonds is 3. The standard InChI is InChI=1S/C6H14N2O2S/c1-8(2)11(9,10)6(5-7)3-4-6/h3-5,7H2,1-2H3. The lowest BCUT2D eigenvalue weighted by molar-refractivity contribution is 0.502. The molecule has 4 nitrogen and oxygen atoms in total. The van der Waals surface area contributed by atoms with E-state index in [1.165, 1.54) is 4.31 Å². The van der Waals surface area contributed by atoms with Gasteiger partial charge in [0, 0.05) is 20.6 Å². The van der Waals surface area contributed by atoms with E-state index < -0.39 is 14.8 Å². The lowest BCUT2D eigenvalue weighted by Crippen LogP contribution is -2.40. The average molecular weight is 178 g/mol. The predicted octanol–water partition coefficient (Wildman–Crippen LogP) is -0.631. The van der Waals surface area contributed by atoms with Crippen molar-refractivity contribution in [2.45, 2.75) is 17.6 Å². The molecule has 1 aliphatic carbocycles. The van der Waals surface area contributed by atoms with Crippen LogP contribution in [0.25, 0.3) is 0 Å². The van der Waals surface area contributed by atoms with E-state index in [1.807, 2.05) is 0 Å². The number of nitrogens with zero attached hydrogens (tertiary/aromatic N) is 1. The lowest BCUT2D eigenvalue weighted by Gasteiger charge is -2.18. The Morgan fingerprint density at radius 2 is 1.91 bits per heavy atom. The molecule has 0 aromatic rings. The summed E-state index contributed by atoms with van der Waals surface area (Å²) in [6.45, 7) is 0.244. The molecule has 0 spiro atoms. The van der Waals surface area contributed by atoms with Crippen molar-refractivity contribution in [3.05, 3.63) is 0 Å². The minimum atomic E-state index is -3.11. The van der Waals surface area contributed by atoms with E-state index in [4.69, 9.17) is 5.73 Å². The van der Waals surface area contributed by atoms with Gasteiger partial charge in [0.2, 0.25) is 10.0 Å². The van der Waals surface area contributed by atoms with Crippen molar-refractivity contribution in [1.82, 2.24) is 4.31 Å². The van der Waals surface area contributed by atoms with Crippen molar-refractivity contribution in [2.75, 3.05) is 20.6 Å². The molecule has 0 amide bonds. The zero-order chi connectivity index (χ0) is 8.70. The second-order valence-corrected chi connectivity index (χ2v) is 5.72. The van der Waals surface area contributed by atoms with E-state index in [2.05, 4.69) is 0 Å². The Bertz CT molecular complexity index is 241. The number of hydrogen-bond acceptors (Lipinski definition) is 3. The molecule has 0 bridgehead atoms. The van der Waals surface area contributed by atoms with Gasteiger partial charge in [0.15, 0.2) is 0 Å². The van der Waals surface area contributed by atoms with E-state index in [9.17, 15) is 8.42 Å². The van der Waals surface area contributed by atoms with E-state index in [-0.39, 0.29) is 6.54 Å². The van der Waals surface area contributed by atoms with E-state index >= 15 is 0 Å². The topological polar surface area (TPSA) is 63.4 Å². The van der Waals surface area contributed by atoms with Gasteiger partial charge in [-0.05, 0) is 12.8 Å². The van der Waals surface area contributed by atoms with Gasteiger partial charge in [0.05, 0.1) is 4.75 Å². The third kappa shape index (κ3) is 1.17. The summed E-state index contributed by atoms with van der Waals surface area (Å²) in [6.07, 6.45) is 1.42. The van der Waals surface area contributed by atoms with Crippen LogP contribution in [0, 0.1) is 0 Å². The highest BCUT2D eigenvalue weighted by Gasteiger charge is 2.54. The number of sulfonamides is 1. The van der Waals surface area contributed by atoms with Crippen molar-refractivity contribution in [3.8, 4) is 0 Å². The Labute approximate surface area is 67.4 Å². The van der Waals surface area contributed by atoms with Crippen molar-refractivity contribution in [2.24, 2.45) is 5.73 Å². The second-order valence-electron chi connectivity index (χ2n) is 3.17. The normalized spacial score (nSPS) is 22.2. The SMILES string of the molecule is CN(C)S(=O)(=O)C1(CN)CC1. The first-order valence-electron chi connectivity index (χ1n) is 3.58. The van der Waals surface area contributed by atoms with Gasteiger partial charge in [0.25, 0.3) is 0 Å². The second kappa shape index (κ2) is 2.43. The highest BCUT2D eigenvalue weighted by atomic mass is 32.2. The fourth-order valence-electron chi connectivity index (χ4n) is 1.09. The van der Waals surface area contributed by atoms with Crippen LogP contribution in [0.4, 0.5) is 0 Å². The third-order valence-corrected chi connectivity index (χ3v) is 4.84. The molecule has 1 saturated carbocycles. The molecule has 1 fully saturated rings. The van der Waals surface area contributed by atoms with Gasteiger partial charge in [-0.2, -0.15) is 0 Å². The maximum Gasteiger partial charge on any atom is 0.220 e. The summed E-state index contributed by atoms with van der Waals surface area (Å²) >= 11 is 0. The fraction of sp³-hybridized carbons (Fsp3) is 1.00. The summed E-state index contributed by atoms with van der Waals surface area (Å²) in [5.41, 5.74) is 5.39. The zero-order valence-electron chi connectivity index (χ0n) is 6.87. The summed E-state index contributed by atoms with van der Waals surface area (Å²) in [4.78, 5) is 0. The molecule has 0 atom stereocenters. The number of hydrogen-bond donors (Lipinski definition) is 1. The molecule has 0 aliphatic heterocycles. The summed E-state index contributed by atoms with van der Waals surface area (Å²) in [5.74, 6) is 0. The van der Waals surface area contributed by atoms with Crippen LogP contribution in [0.1, 0.15) is 12.8 Å². The monoisotopic (exact) mass is 178 g/mol. The van der Waals surface area contributed by atoms with Crippen molar-refractivity contribution >= 4 is 10.0 Å². The quantitative estimate of drug-likeness (QED) is 0.626. The minimum Gasteiger partial charge on any atom is -0.329 e. The molecule has 0 saturated heterocycles. The minimum absolute atomic E-state index is 0.244.